The zero-order valence-electron chi connectivity index (χ0n) is 10.1. The third-order valence-electron chi connectivity index (χ3n) is 2.93. The molecule has 2 rings (SSSR count). The zero-order chi connectivity index (χ0) is 11.7. The third-order valence-corrected chi connectivity index (χ3v) is 4.29. The molecule has 16 heavy (non-hydrogen) atoms. The zero-order valence-corrected chi connectivity index (χ0v) is 10.9. The summed E-state index contributed by atoms with van der Waals surface area (Å²) >= 11 is 1.79. The summed E-state index contributed by atoms with van der Waals surface area (Å²) in [6.07, 6.45) is 2.43. The van der Waals surface area contributed by atoms with Crippen molar-refractivity contribution in [3.05, 3.63) is 11.9 Å². The van der Waals surface area contributed by atoms with Gasteiger partial charge in [0.2, 0.25) is 0 Å². The van der Waals surface area contributed by atoms with Crippen LogP contribution in [-0.2, 0) is 0 Å². The van der Waals surface area contributed by atoms with Gasteiger partial charge < -0.3 is 5.73 Å². The predicted octanol–water partition coefficient (Wildman–Crippen LogP) is 3.07. The Labute approximate surface area is 101 Å². The summed E-state index contributed by atoms with van der Waals surface area (Å²) in [6, 6.07) is 1.88. The highest BCUT2D eigenvalue weighted by atomic mass is 32.2. The summed E-state index contributed by atoms with van der Waals surface area (Å²) in [5, 5.41) is 1.58. The van der Waals surface area contributed by atoms with Crippen molar-refractivity contribution in [1.29, 1.82) is 0 Å². The highest BCUT2D eigenvalue weighted by Crippen LogP contribution is 2.39. The van der Waals surface area contributed by atoms with Gasteiger partial charge in [-0.05, 0) is 18.8 Å². The van der Waals surface area contributed by atoms with Crippen molar-refractivity contribution in [1.82, 2.24) is 9.97 Å². The molecule has 1 aliphatic rings. The molecule has 0 bridgehead atoms. The van der Waals surface area contributed by atoms with E-state index in [1.165, 1.54) is 12.8 Å². The van der Waals surface area contributed by atoms with Crippen LogP contribution in [0.25, 0.3) is 0 Å². The van der Waals surface area contributed by atoms with Crippen molar-refractivity contribution in [3.63, 3.8) is 0 Å². The van der Waals surface area contributed by atoms with Crippen molar-refractivity contribution in [3.8, 4) is 0 Å². The Bertz CT molecular complexity index is 375. The number of thioether (sulfide) groups is 1. The highest BCUT2D eigenvalue weighted by molar-refractivity contribution is 7.99. The summed E-state index contributed by atoms with van der Waals surface area (Å²) in [7, 11) is 0. The summed E-state index contributed by atoms with van der Waals surface area (Å²) in [5.41, 5.74) is 5.81. The standard InChI is InChI=1S/C12H19N3S/c1-7(2)8(3)16-11-6-10(13)14-12(15-11)9-4-5-9/h6-9H,4-5H2,1-3H3,(H2,13,14,15). The Morgan fingerprint density at radius 1 is 1.31 bits per heavy atom. The quantitative estimate of drug-likeness (QED) is 0.646. The molecular weight excluding hydrogens is 218 g/mol. The van der Waals surface area contributed by atoms with Crippen LogP contribution in [0.2, 0.25) is 0 Å². The summed E-state index contributed by atoms with van der Waals surface area (Å²) in [6.45, 7) is 6.68. The fraction of sp³-hybridized carbons (Fsp3) is 0.667. The molecule has 1 aromatic heterocycles. The fourth-order valence-corrected chi connectivity index (χ4v) is 2.36. The molecule has 2 N–H and O–H groups in total. The minimum absolute atomic E-state index is 0.557. The molecule has 3 nitrogen and oxygen atoms in total. The van der Waals surface area contributed by atoms with Gasteiger partial charge in [0, 0.05) is 17.2 Å². The van der Waals surface area contributed by atoms with Crippen molar-refractivity contribution in [2.24, 2.45) is 5.92 Å². The van der Waals surface area contributed by atoms with Gasteiger partial charge in [-0.25, -0.2) is 9.97 Å². The number of rotatable bonds is 4. The molecule has 4 heteroatoms. The normalized spacial score (nSPS) is 17.8. The first kappa shape index (κ1) is 11.7. The Balaban J connectivity index is 2.13. The van der Waals surface area contributed by atoms with Gasteiger partial charge in [-0.15, -0.1) is 11.8 Å². The van der Waals surface area contributed by atoms with Gasteiger partial charge in [-0.1, -0.05) is 20.8 Å². The van der Waals surface area contributed by atoms with Gasteiger partial charge in [0.25, 0.3) is 0 Å². The first-order valence-corrected chi connectivity index (χ1v) is 6.75. The number of nitrogens with two attached hydrogens (primary N) is 1. The Hall–Kier alpha value is -0.770. The van der Waals surface area contributed by atoms with Crippen LogP contribution in [0.4, 0.5) is 5.82 Å². The maximum atomic E-state index is 5.81. The molecule has 1 saturated carbocycles. The van der Waals surface area contributed by atoms with E-state index in [2.05, 4.69) is 30.7 Å². The van der Waals surface area contributed by atoms with Crippen LogP contribution in [0.15, 0.2) is 11.1 Å². The van der Waals surface area contributed by atoms with Crippen molar-refractivity contribution >= 4 is 17.6 Å². The third kappa shape index (κ3) is 2.88. The highest BCUT2D eigenvalue weighted by Gasteiger charge is 2.27. The van der Waals surface area contributed by atoms with E-state index in [9.17, 15) is 0 Å². The molecule has 0 radical (unpaired) electrons. The van der Waals surface area contributed by atoms with E-state index >= 15 is 0 Å². The molecule has 0 spiro atoms. The smallest absolute Gasteiger partial charge is 0.135 e. The van der Waals surface area contributed by atoms with Crippen molar-refractivity contribution in [2.45, 2.75) is 49.8 Å². The Morgan fingerprint density at radius 3 is 2.56 bits per heavy atom. The maximum Gasteiger partial charge on any atom is 0.135 e. The van der Waals surface area contributed by atoms with E-state index in [0.29, 0.717) is 22.9 Å². The SMILES string of the molecule is CC(C)C(C)Sc1cc(N)nc(C2CC2)n1. The lowest BCUT2D eigenvalue weighted by Gasteiger charge is -2.14. The molecule has 1 heterocycles. The van der Waals surface area contributed by atoms with Crippen LogP contribution in [0.1, 0.15) is 45.4 Å². The number of aromatic nitrogens is 2. The second-order valence-electron chi connectivity index (χ2n) is 4.83. The largest absolute Gasteiger partial charge is 0.384 e. The van der Waals surface area contributed by atoms with E-state index in [1.807, 2.05) is 6.07 Å². The Kier molecular flexibility index (Phi) is 3.38. The molecular formula is C12H19N3S. The number of hydrogen-bond donors (Lipinski definition) is 1. The van der Waals surface area contributed by atoms with E-state index in [4.69, 9.17) is 5.73 Å². The monoisotopic (exact) mass is 237 g/mol. The molecule has 0 amide bonds. The Morgan fingerprint density at radius 2 is 2.00 bits per heavy atom. The number of anilines is 1. The number of hydrogen-bond acceptors (Lipinski definition) is 4. The lowest BCUT2D eigenvalue weighted by molar-refractivity contribution is 0.641. The average Bonchev–Trinajstić information content (AvgIpc) is 2.99. The van der Waals surface area contributed by atoms with Gasteiger partial charge in [0.05, 0.1) is 0 Å². The molecule has 88 valence electrons. The molecule has 0 aromatic carbocycles. The van der Waals surface area contributed by atoms with E-state index in [0.717, 1.165) is 10.9 Å². The molecule has 1 unspecified atom stereocenters. The van der Waals surface area contributed by atoms with Crippen LogP contribution >= 0.6 is 11.8 Å². The first-order chi connectivity index (χ1) is 7.56. The second-order valence-corrected chi connectivity index (χ2v) is 6.23. The molecule has 0 aliphatic heterocycles. The predicted molar refractivity (Wildman–Crippen MR) is 68.6 cm³/mol. The number of nitrogen functional groups attached to an aromatic ring is 1. The topological polar surface area (TPSA) is 51.8 Å². The van der Waals surface area contributed by atoms with Crippen LogP contribution in [0.3, 0.4) is 0 Å². The van der Waals surface area contributed by atoms with Crippen molar-refractivity contribution in [2.75, 3.05) is 5.73 Å². The molecule has 0 saturated heterocycles. The fourth-order valence-electron chi connectivity index (χ4n) is 1.37. The van der Waals surface area contributed by atoms with Crippen LogP contribution < -0.4 is 5.73 Å². The molecule has 1 fully saturated rings. The average molecular weight is 237 g/mol. The van der Waals surface area contributed by atoms with Gasteiger partial charge in [0.15, 0.2) is 0 Å². The van der Waals surface area contributed by atoms with Gasteiger partial charge in [-0.3, -0.25) is 0 Å². The van der Waals surface area contributed by atoms with E-state index in [1.54, 1.807) is 11.8 Å². The van der Waals surface area contributed by atoms with E-state index < -0.39 is 0 Å². The van der Waals surface area contributed by atoms with Gasteiger partial charge in [0.1, 0.15) is 16.7 Å². The molecule has 1 atom stereocenters. The molecule has 1 aromatic rings. The summed E-state index contributed by atoms with van der Waals surface area (Å²) in [5.74, 6) is 2.76. The lowest BCUT2D eigenvalue weighted by atomic mass is 10.2. The van der Waals surface area contributed by atoms with Crippen LogP contribution in [0.5, 0.6) is 0 Å². The summed E-state index contributed by atoms with van der Waals surface area (Å²) in [4.78, 5) is 8.89. The van der Waals surface area contributed by atoms with Gasteiger partial charge >= 0.3 is 0 Å². The summed E-state index contributed by atoms with van der Waals surface area (Å²) < 4.78 is 0. The minimum atomic E-state index is 0.557. The first-order valence-electron chi connectivity index (χ1n) is 5.87. The lowest BCUT2D eigenvalue weighted by Crippen LogP contribution is -2.07. The second kappa shape index (κ2) is 4.62. The molecule has 1 aliphatic carbocycles. The van der Waals surface area contributed by atoms with Gasteiger partial charge in [-0.2, -0.15) is 0 Å². The van der Waals surface area contributed by atoms with Crippen molar-refractivity contribution < 1.29 is 0 Å². The van der Waals surface area contributed by atoms with Crippen LogP contribution in [0, 0.1) is 5.92 Å². The minimum Gasteiger partial charge on any atom is -0.384 e. The maximum absolute atomic E-state index is 5.81. The number of nitrogens with zero attached hydrogens (tertiary/aromatic N) is 2. The van der Waals surface area contributed by atoms with E-state index in [-0.39, 0.29) is 0 Å². The van der Waals surface area contributed by atoms with Crippen LogP contribution in [-0.4, -0.2) is 15.2 Å².